The molecule has 0 aromatic carbocycles. The van der Waals surface area contributed by atoms with Crippen LogP contribution in [0.4, 0.5) is 0 Å². The molecular weight excluding hydrogens is 316 g/mol. The molecule has 0 heterocycles. The van der Waals surface area contributed by atoms with Crippen molar-refractivity contribution in [1.29, 1.82) is 0 Å². The van der Waals surface area contributed by atoms with E-state index in [4.69, 9.17) is 19.9 Å². The van der Waals surface area contributed by atoms with E-state index in [1.165, 1.54) is 38.5 Å². The van der Waals surface area contributed by atoms with Gasteiger partial charge in [-0.15, -0.1) is 0 Å². The van der Waals surface area contributed by atoms with Crippen LogP contribution in [0.25, 0.3) is 0 Å². The van der Waals surface area contributed by atoms with Gasteiger partial charge >= 0.3 is 11.9 Å². The minimum atomic E-state index is -4.84. The van der Waals surface area contributed by atoms with Crippen molar-refractivity contribution in [3.63, 3.8) is 0 Å². The second-order valence-electron chi connectivity index (χ2n) is 4.78. The molecule has 9 heteroatoms. The summed E-state index contributed by atoms with van der Waals surface area (Å²) in [7, 11) is -4.84. The van der Waals surface area contributed by atoms with Crippen molar-refractivity contribution in [1.82, 2.24) is 0 Å². The third-order valence-corrected chi connectivity index (χ3v) is 3.84. The van der Waals surface area contributed by atoms with Crippen LogP contribution >= 0.6 is 0 Å². The molecule has 0 saturated carbocycles. The van der Waals surface area contributed by atoms with Crippen molar-refractivity contribution in [3.05, 3.63) is 0 Å². The van der Waals surface area contributed by atoms with Gasteiger partial charge in [-0.05, 0) is 6.42 Å². The smallest absolute Gasteiger partial charge is 0.325 e. The predicted octanol–water partition coefficient (Wildman–Crippen LogP) is 1.53. The van der Waals surface area contributed by atoms with Crippen LogP contribution < -0.4 is 0 Å². The number of hydrogen-bond acceptors (Lipinski definition) is 5. The number of rotatable bonds is 11. The molecule has 1 atom stereocenters. The molecule has 0 fully saturated rings. The van der Waals surface area contributed by atoms with Crippen molar-refractivity contribution < 1.29 is 37.9 Å². The number of aliphatic carboxylic acids is 2. The van der Waals surface area contributed by atoms with Crippen LogP contribution in [-0.4, -0.2) is 52.1 Å². The zero-order chi connectivity index (χ0) is 17.6. The maximum Gasteiger partial charge on any atom is 0.325 e. The highest BCUT2D eigenvalue weighted by Crippen LogP contribution is 2.06. The number of carboxylic acid groups (broad SMARTS) is 2. The molecular formula is C13H26O8S. The highest BCUT2D eigenvalue weighted by molar-refractivity contribution is 7.87. The first-order valence-electron chi connectivity index (χ1n) is 7.18. The summed E-state index contributed by atoms with van der Waals surface area (Å²) in [5.74, 6) is -3.50. The Morgan fingerprint density at radius 3 is 1.68 bits per heavy atom. The minimum Gasteiger partial charge on any atom is -0.481 e. The molecule has 22 heavy (non-hydrogen) atoms. The molecule has 0 aromatic rings. The van der Waals surface area contributed by atoms with E-state index in [2.05, 4.69) is 6.92 Å². The van der Waals surface area contributed by atoms with Crippen molar-refractivity contribution in [2.75, 3.05) is 6.61 Å². The summed E-state index contributed by atoms with van der Waals surface area (Å²) in [5.41, 5.74) is 0. The van der Waals surface area contributed by atoms with Gasteiger partial charge in [0.25, 0.3) is 10.1 Å². The van der Waals surface area contributed by atoms with Gasteiger partial charge in [-0.1, -0.05) is 45.4 Å². The SMILES string of the molecule is CCCCCCCCCO.O=C(O)CC(C(=O)O)S(=O)(=O)O. The lowest BCUT2D eigenvalue weighted by molar-refractivity contribution is -0.143. The first-order chi connectivity index (χ1) is 10.2. The zero-order valence-corrected chi connectivity index (χ0v) is 13.6. The zero-order valence-electron chi connectivity index (χ0n) is 12.8. The van der Waals surface area contributed by atoms with Gasteiger partial charge in [-0.3, -0.25) is 14.1 Å². The van der Waals surface area contributed by atoms with Gasteiger partial charge in [0.15, 0.2) is 5.25 Å². The van der Waals surface area contributed by atoms with Crippen molar-refractivity contribution in [3.8, 4) is 0 Å². The van der Waals surface area contributed by atoms with E-state index in [1.807, 2.05) is 0 Å². The molecule has 8 nitrogen and oxygen atoms in total. The molecule has 4 N–H and O–H groups in total. The number of aliphatic hydroxyl groups is 1. The Bertz CT molecular complexity index is 396. The number of hydrogen-bond donors (Lipinski definition) is 4. The van der Waals surface area contributed by atoms with Crippen LogP contribution in [0.15, 0.2) is 0 Å². The van der Waals surface area contributed by atoms with Crippen LogP contribution in [0, 0.1) is 0 Å². The predicted molar refractivity (Wildman–Crippen MR) is 80.3 cm³/mol. The maximum atomic E-state index is 10.2. The van der Waals surface area contributed by atoms with Crippen LogP contribution in [-0.2, 0) is 19.7 Å². The second kappa shape index (κ2) is 13.5. The lowest BCUT2D eigenvalue weighted by Crippen LogP contribution is -2.31. The maximum absolute atomic E-state index is 10.2. The van der Waals surface area contributed by atoms with E-state index in [1.54, 1.807) is 0 Å². The number of carbonyl (C=O) groups is 2. The number of aliphatic hydroxyl groups excluding tert-OH is 1. The molecule has 1 unspecified atom stereocenters. The third kappa shape index (κ3) is 15.2. The van der Waals surface area contributed by atoms with Crippen LogP contribution in [0.1, 0.15) is 58.3 Å². The Kier molecular flexibility index (Phi) is 14.1. The first-order valence-corrected chi connectivity index (χ1v) is 8.68. The lowest BCUT2D eigenvalue weighted by Gasteiger charge is -2.04. The Morgan fingerprint density at radius 1 is 0.955 bits per heavy atom. The van der Waals surface area contributed by atoms with Gasteiger partial charge in [-0.2, -0.15) is 8.42 Å². The van der Waals surface area contributed by atoms with Gasteiger partial charge in [0.1, 0.15) is 0 Å². The fraction of sp³-hybridized carbons (Fsp3) is 0.846. The molecule has 0 radical (unpaired) electrons. The molecule has 132 valence electrons. The Hall–Kier alpha value is -1.19. The normalized spacial score (nSPS) is 12.1. The fourth-order valence-corrected chi connectivity index (χ4v) is 2.16. The van der Waals surface area contributed by atoms with Gasteiger partial charge in [0, 0.05) is 6.61 Å². The third-order valence-electron chi connectivity index (χ3n) is 2.76. The molecule has 0 bridgehead atoms. The molecule has 0 aromatic heterocycles. The van der Waals surface area contributed by atoms with Gasteiger partial charge in [0.05, 0.1) is 6.42 Å². The lowest BCUT2D eigenvalue weighted by atomic mass is 10.1. The summed E-state index contributed by atoms with van der Waals surface area (Å²) < 4.78 is 28.7. The summed E-state index contributed by atoms with van der Waals surface area (Å²) in [6.45, 7) is 2.60. The van der Waals surface area contributed by atoms with E-state index in [0.717, 1.165) is 6.42 Å². The molecule has 0 aliphatic carbocycles. The molecule has 0 spiro atoms. The van der Waals surface area contributed by atoms with E-state index in [9.17, 15) is 18.0 Å². The van der Waals surface area contributed by atoms with Gasteiger partial charge in [-0.25, -0.2) is 0 Å². The van der Waals surface area contributed by atoms with E-state index in [-0.39, 0.29) is 0 Å². The molecule has 0 rings (SSSR count). The minimum absolute atomic E-state index is 0.369. The van der Waals surface area contributed by atoms with E-state index < -0.39 is 33.7 Å². The second-order valence-corrected chi connectivity index (χ2v) is 6.38. The molecule has 0 amide bonds. The summed E-state index contributed by atoms with van der Waals surface area (Å²) in [5, 5.41) is 22.4. The largest absolute Gasteiger partial charge is 0.481 e. The molecule has 0 saturated heterocycles. The molecule has 0 aliphatic heterocycles. The summed E-state index contributed by atoms with van der Waals surface area (Å²) in [6, 6.07) is 0. The summed E-state index contributed by atoms with van der Waals surface area (Å²) in [4.78, 5) is 20.0. The Labute approximate surface area is 130 Å². The molecule has 0 aliphatic rings. The quantitative estimate of drug-likeness (QED) is 0.326. The Morgan fingerprint density at radius 2 is 1.41 bits per heavy atom. The number of unbranched alkanes of at least 4 members (excludes halogenated alkanes) is 6. The van der Waals surface area contributed by atoms with Crippen LogP contribution in [0.2, 0.25) is 0 Å². The highest BCUT2D eigenvalue weighted by Gasteiger charge is 2.33. The number of carboxylic acids is 2. The first kappa shape index (κ1) is 23.1. The van der Waals surface area contributed by atoms with E-state index in [0.29, 0.717) is 6.61 Å². The van der Waals surface area contributed by atoms with Crippen molar-refractivity contribution in [2.45, 2.75) is 63.5 Å². The fourth-order valence-electron chi connectivity index (χ4n) is 1.55. The Balaban J connectivity index is 0. The summed E-state index contributed by atoms with van der Waals surface area (Å²) in [6.07, 6.45) is 7.77. The monoisotopic (exact) mass is 342 g/mol. The van der Waals surface area contributed by atoms with Gasteiger partial charge < -0.3 is 15.3 Å². The summed E-state index contributed by atoms with van der Waals surface area (Å²) >= 11 is 0. The standard InChI is InChI=1S/C9H20O.C4H6O7S/c1-2-3-4-5-6-7-8-9-10;5-3(6)1-2(4(7)8)12(9,10)11/h10H,2-9H2,1H3;2H,1H2,(H,5,6)(H,7,8)(H,9,10,11). The van der Waals surface area contributed by atoms with Gasteiger partial charge in [0.2, 0.25) is 0 Å². The van der Waals surface area contributed by atoms with Crippen molar-refractivity contribution >= 4 is 22.1 Å². The topological polar surface area (TPSA) is 149 Å². The average Bonchev–Trinajstić information content (AvgIpc) is 2.39. The van der Waals surface area contributed by atoms with E-state index >= 15 is 0 Å². The van der Waals surface area contributed by atoms with Crippen molar-refractivity contribution in [2.24, 2.45) is 0 Å². The average molecular weight is 342 g/mol. The van der Waals surface area contributed by atoms with Crippen LogP contribution in [0.5, 0.6) is 0 Å². The van der Waals surface area contributed by atoms with Crippen LogP contribution in [0.3, 0.4) is 0 Å². The highest BCUT2D eigenvalue weighted by atomic mass is 32.2.